The first-order valence-electron chi connectivity index (χ1n) is 6.65. The first-order chi connectivity index (χ1) is 8.79. The minimum atomic E-state index is 0.784. The minimum Gasteiger partial charge on any atom is -0.398 e. The summed E-state index contributed by atoms with van der Waals surface area (Å²) in [6.45, 7) is 4.31. The van der Waals surface area contributed by atoms with Gasteiger partial charge in [-0.1, -0.05) is 13.0 Å². The quantitative estimate of drug-likeness (QED) is 0.837. The molecule has 18 heavy (non-hydrogen) atoms. The van der Waals surface area contributed by atoms with Crippen LogP contribution in [0.5, 0.6) is 0 Å². The van der Waals surface area contributed by atoms with Crippen molar-refractivity contribution in [2.24, 2.45) is 0 Å². The third kappa shape index (κ3) is 2.06. The van der Waals surface area contributed by atoms with E-state index < -0.39 is 0 Å². The van der Waals surface area contributed by atoms with Crippen molar-refractivity contribution in [2.45, 2.75) is 32.4 Å². The van der Waals surface area contributed by atoms with E-state index in [4.69, 9.17) is 5.73 Å². The number of anilines is 1. The van der Waals surface area contributed by atoms with Crippen molar-refractivity contribution in [3.05, 3.63) is 36.0 Å². The van der Waals surface area contributed by atoms with E-state index in [1.165, 1.54) is 18.4 Å². The lowest BCUT2D eigenvalue weighted by atomic mass is 10.1. The molecule has 1 aliphatic carbocycles. The monoisotopic (exact) mass is 241 g/mol. The molecule has 2 aromatic rings. The molecular formula is C15H19N3. The Morgan fingerprint density at radius 1 is 1.33 bits per heavy atom. The number of pyridine rings is 1. The molecule has 1 heterocycles. The Labute approximate surface area is 108 Å². The molecule has 1 aliphatic rings. The minimum absolute atomic E-state index is 0.784. The molecule has 0 radical (unpaired) electrons. The van der Waals surface area contributed by atoms with Gasteiger partial charge >= 0.3 is 0 Å². The van der Waals surface area contributed by atoms with Crippen LogP contribution in [0.1, 0.15) is 25.3 Å². The third-order valence-corrected chi connectivity index (χ3v) is 3.73. The van der Waals surface area contributed by atoms with Gasteiger partial charge in [0.25, 0.3) is 0 Å². The summed E-state index contributed by atoms with van der Waals surface area (Å²) in [6, 6.07) is 8.90. The van der Waals surface area contributed by atoms with E-state index in [-0.39, 0.29) is 0 Å². The number of hydrogen-bond donors (Lipinski definition) is 1. The van der Waals surface area contributed by atoms with Crippen molar-refractivity contribution < 1.29 is 0 Å². The van der Waals surface area contributed by atoms with Gasteiger partial charge in [0.1, 0.15) is 0 Å². The Hall–Kier alpha value is -1.61. The van der Waals surface area contributed by atoms with E-state index in [1.54, 1.807) is 0 Å². The summed E-state index contributed by atoms with van der Waals surface area (Å²) in [7, 11) is 0. The predicted octanol–water partition coefficient (Wildman–Crippen LogP) is 2.80. The summed E-state index contributed by atoms with van der Waals surface area (Å²) in [4.78, 5) is 7.03. The Morgan fingerprint density at radius 2 is 2.17 bits per heavy atom. The Kier molecular flexibility index (Phi) is 2.92. The van der Waals surface area contributed by atoms with Crippen LogP contribution in [0.15, 0.2) is 30.5 Å². The van der Waals surface area contributed by atoms with Crippen LogP contribution in [0, 0.1) is 0 Å². The van der Waals surface area contributed by atoms with Gasteiger partial charge in [-0.05, 0) is 43.1 Å². The van der Waals surface area contributed by atoms with Crippen LogP contribution in [0.4, 0.5) is 5.69 Å². The SMILES string of the molecule is CCN(Cc1ccc(N)c2cccnc12)C1CC1. The van der Waals surface area contributed by atoms with Gasteiger partial charge < -0.3 is 5.73 Å². The van der Waals surface area contributed by atoms with Crippen molar-refractivity contribution in [1.82, 2.24) is 9.88 Å². The number of nitrogen functional groups attached to an aromatic ring is 1. The second-order valence-electron chi connectivity index (χ2n) is 5.01. The first kappa shape index (κ1) is 11.5. The molecule has 0 saturated heterocycles. The first-order valence-corrected chi connectivity index (χ1v) is 6.65. The number of fused-ring (bicyclic) bond motifs is 1. The van der Waals surface area contributed by atoms with Gasteiger partial charge in [-0.2, -0.15) is 0 Å². The van der Waals surface area contributed by atoms with E-state index in [0.717, 1.165) is 35.7 Å². The van der Waals surface area contributed by atoms with E-state index >= 15 is 0 Å². The van der Waals surface area contributed by atoms with Gasteiger partial charge in [0, 0.05) is 29.9 Å². The third-order valence-electron chi connectivity index (χ3n) is 3.73. The van der Waals surface area contributed by atoms with E-state index in [0.29, 0.717) is 0 Å². The average molecular weight is 241 g/mol. The number of aromatic nitrogens is 1. The zero-order chi connectivity index (χ0) is 12.5. The summed E-state index contributed by atoms with van der Waals surface area (Å²) in [5.41, 5.74) is 9.16. The molecule has 3 rings (SSSR count). The van der Waals surface area contributed by atoms with Crippen LogP contribution >= 0.6 is 0 Å². The summed E-state index contributed by atoms with van der Waals surface area (Å²) >= 11 is 0. The van der Waals surface area contributed by atoms with E-state index in [1.807, 2.05) is 18.3 Å². The molecule has 2 N–H and O–H groups in total. The number of nitrogens with two attached hydrogens (primary N) is 1. The molecule has 0 atom stereocenters. The highest BCUT2D eigenvalue weighted by atomic mass is 15.2. The predicted molar refractivity (Wildman–Crippen MR) is 75.3 cm³/mol. The maximum atomic E-state index is 6.01. The fourth-order valence-electron chi connectivity index (χ4n) is 2.54. The molecule has 0 spiro atoms. The van der Waals surface area contributed by atoms with Crippen LogP contribution < -0.4 is 5.73 Å². The number of benzene rings is 1. The molecule has 0 amide bonds. The highest BCUT2D eigenvalue weighted by Gasteiger charge is 2.28. The molecular weight excluding hydrogens is 222 g/mol. The maximum Gasteiger partial charge on any atom is 0.0767 e. The molecule has 1 fully saturated rings. The lowest BCUT2D eigenvalue weighted by molar-refractivity contribution is 0.270. The second kappa shape index (κ2) is 4.58. The van der Waals surface area contributed by atoms with Crippen LogP contribution in [0.2, 0.25) is 0 Å². The van der Waals surface area contributed by atoms with Gasteiger partial charge in [-0.3, -0.25) is 9.88 Å². The fourth-order valence-corrected chi connectivity index (χ4v) is 2.54. The average Bonchev–Trinajstić information content (AvgIpc) is 3.23. The van der Waals surface area contributed by atoms with Gasteiger partial charge in [0.15, 0.2) is 0 Å². The zero-order valence-corrected chi connectivity index (χ0v) is 10.8. The van der Waals surface area contributed by atoms with Gasteiger partial charge in [-0.25, -0.2) is 0 Å². The lowest BCUT2D eigenvalue weighted by Gasteiger charge is -2.20. The summed E-state index contributed by atoms with van der Waals surface area (Å²) in [5, 5.41) is 1.07. The summed E-state index contributed by atoms with van der Waals surface area (Å²) in [5.74, 6) is 0. The maximum absolute atomic E-state index is 6.01. The number of nitrogens with zero attached hydrogens (tertiary/aromatic N) is 2. The molecule has 1 aromatic carbocycles. The standard InChI is InChI=1S/C15H19N3/c1-2-18(12-6-7-12)10-11-5-8-14(16)13-4-3-9-17-15(11)13/h3-5,8-9,12H,2,6-7,10,16H2,1H3. The summed E-state index contributed by atoms with van der Waals surface area (Å²) in [6.07, 6.45) is 4.53. The van der Waals surface area contributed by atoms with Crippen molar-refractivity contribution in [3.63, 3.8) is 0 Å². The second-order valence-corrected chi connectivity index (χ2v) is 5.01. The van der Waals surface area contributed by atoms with Crippen LogP contribution in [0.25, 0.3) is 10.9 Å². The van der Waals surface area contributed by atoms with Gasteiger partial charge in [0.05, 0.1) is 5.52 Å². The topological polar surface area (TPSA) is 42.1 Å². The van der Waals surface area contributed by atoms with Crippen molar-refractivity contribution in [1.29, 1.82) is 0 Å². The highest BCUT2D eigenvalue weighted by molar-refractivity contribution is 5.92. The number of rotatable bonds is 4. The molecule has 1 saturated carbocycles. The van der Waals surface area contributed by atoms with Crippen molar-refractivity contribution in [2.75, 3.05) is 12.3 Å². The molecule has 1 aromatic heterocycles. The van der Waals surface area contributed by atoms with Crippen molar-refractivity contribution >= 4 is 16.6 Å². The Balaban J connectivity index is 1.98. The largest absolute Gasteiger partial charge is 0.398 e. The lowest BCUT2D eigenvalue weighted by Crippen LogP contribution is -2.25. The molecule has 3 heteroatoms. The molecule has 94 valence electrons. The Bertz CT molecular complexity index is 561. The van der Waals surface area contributed by atoms with Crippen molar-refractivity contribution in [3.8, 4) is 0 Å². The van der Waals surface area contributed by atoms with Crippen LogP contribution in [0.3, 0.4) is 0 Å². The van der Waals surface area contributed by atoms with E-state index in [9.17, 15) is 0 Å². The Morgan fingerprint density at radius 3 is 2.89 bits per heavy atom. The fraction of sp³-hybridized carbons (Fsp3) is 0.400. The molecule has 0 aliphatic heterocycles. The molecule has 0 bridgehead atoms. The van der Waals surface area contributed by atoms with Gasteiger partial charge in [0.2, 0.25) is 0 Å². The molecule has 0 unspecified atom stereocenters. The van der Waals surface area contributed by atoms with Crippen LogP contribution in [-0.4, -0.2) is 22.5 Å². The zero-order valence-electron chi connectivity index (χ0n) is 10.8. The smallest absolute Gasteiger partial charge is 0.0767 e. The highest BCUT2D eigenvalue weighted by Crippen LogP contribution is 2.30. The summed E-state index contributed by atoms with van der Waals surface area (Å²) < 4.78 is 0. The number of hydrogen-bond acceptors (Lipinski definition) is 3. The molecule has 3 nitrogen and oxygen atoms in total. The van der Waals surface area contributed by atoms with E-state index in [2.05, 4.69) is 28.9 Å². The normalized spacial score (nSPS) is 15.4. The van der Waals surface area contributed by atoms with Gasteiger partial charge in [-0.15, -0.1) is 0 Å². The van der Waals surface area contributed by atoms with Crippen LogP contribution in [-0.2, 0) is 6.54 Å².